The van der Waals surface area contributed by atoms with Crippen molar-refractivity contribution in [1.29, 1.82) is 0 Å². The quantitative estimate of drug-likeness (QED) is 0.474. The minimum atomic E-state index is -0.285. The van der Waals surface area contributed by atoms with E-state index in [1.807, 2.05) is 12.1 Å². The van der Waals surface area contributed by atoms with Crippen LogP contribution in [0.4, 0.5) is 11.4 Å². The van der Waals surface area contributed by atoms with Gasteiger partial charge in [0, 0.05) is 30.2 Å². The maximum absolute atomic E-state index is 11.3. The van der Waals surface area contributed by atoms with E-state index in [0.717, 1.165) is 12.8 Å². The molecular formula is C21H29N3O2. The second-order valence-corrected chi connectivity index (χ2v) is 8.06. The van der Waals surface area contributed by atoms with Crippen LogP contribution in [0.3, 0.4) is 0 Å². The molecule has 1 N–H and O–H groups in total. The van der Waals surface area contributed by atoms with Crippen molar-refractivity contribution in [3.05, 3.63) is 46.5 Å². The number of fused-ring (bicyclic) bond motifs is 2. The lowest BCUT2D eigenvalue weighted by atomic mass is 9.91. The molecule has 1 aliphatic carbocycles. The minimum absolute atomic E-state index is 0.187. The van der Waals surface area contributed by atoms with Crippen molar-refractivity contribution in [3.8, 4) is 0 Å². The molecule has 0 spiro atoms. The van der Waals surface area contributed by atoms with Crippen molar-refractivity contribution in [2.45, 2.75) is 82.0 Å². The van der Waals surface area contributed by atoms with Gasteiger partial charge in [0.2, 0.25) is 0 Å². The van der Waals surface area contributed by atoms with Crippen LogP contribution < -0.4 is 5.32 Å². The van der Waals surface area contributed by atoms with Gasteiger partial charge >= 0.3 is 0 Å². The fourth-order valence-electron chi connectivity index (χ4n) is 5.30. The van der Waals surface area contributed by atoms with Crippen molar-refractivity contribution in [2.24, 2.45) is 0 Å². The van der Waals surface area contributed by atoms with Crippen LogP contribution in [0.15, 0.2) is 36.4 Å². The molecule has 140 valence electrons. The van der Waals surface area contributed by atoms with Gasteiger partial charge in [0.15, 0.2) is 0 Å². The second-order valence-electron chi connectivity index (χ2n) is 8.06. The summed E-state index contributed by atoms with van der Waals surface area (Å²) in [6.45, 7) is 0. The molecule has 4 rings (SSSR count). The first-order chi connectivity index (χ1) is 12.7. The van der Waals surface area contributed by atoms with Gasteiger partial charge in [0.05, 0.1) is 4.92 Å². The highest BCUT2D eigenvalue weighted by Crippen LogP contribution is 2.40. The lowest BCUT2D eigenvalue weighted by Gasteiger charge is -2.44. The molecule has 0 radical (unpaired) electrons. The Kier molecular flexibility index (Phi) is 5.25. The molecule has 2 saturated heterocycles. The topological polar surface area (TPSA) is 58.4 Å². The third-order valence-electron chi connectivity index (χ3n) is 6.40. The van der Waals surface area contributed by atoms with Crippen LogP contribution in [0.25, 0.3) is 0 Å². The fourth-order valence-corrected chi connectivity index (χ4v) is 5.30. The molecule has 5 heteroatoms. The molecular weight excluding hydrogens is 326 g/mol. The number of anilines is 1. The van der Waals surface area contributed by atoms with E-state index in [-0.39, 0.29) is 10.6 Å². The smallest absolute Gasteiger partial charge is 0.292 e. The second kappa shape index (κ2) is 7.78. The number of para-hydroxylation sites is 2. The summed E-state index contributed by atoms with van der Waals surface area (Å²) in [6.07, 6.45) is 15.9. The average molecular weight is 355 g/mol. The minimum Gasteiger partial charge on any atom is -0.377 e. The van der Waals surface area contributed by atoms with E-state index in [2.05, 4.69) is 22.4 Å². The molecule has 3 aliphatic rings. The molecule has 1 aromatic rings. The number of nitrogens with zero attached hydrogens (tertiary/aromatic N) is 2. The van der Waals surface area contributed by atoms with Crippen LogP contribution in [0.1, 0.15) is 57.8 Å². The van der Waals surface area contributed by atoms with Crippen molar-refractivity contribution in [2.75, 3.05) is 5.32 Å². The Balaban J connectivity index is 1.44. The summed E-state index contributed by atoms with van der Waals surface area (Å²) in [5, 5.41) is 14.8. The first-order valence-corrected chi connectivity index (χ1v) is 10.1. The van der Waals surface area contributed by atoms with E-state index < -0.39 is 0 Å². The highest BCUT2D eigenvalue weighted by molar-refractivity contribution is 5.61. The van der Waals surface area contributed by atoms with Crippen molar-refractivity contribution < 1.29 is 4.92 Å². The van der Waals surface area contributed by atoms with Crippen LogP contribution in [0.5, 0.6) is 0 Å². The van der Waals surface area contributed by atoms with Gasteiger partial charge in [-0.15, -0.1) is 0 Å². The van der Waals surface area contributed by atoms with Gasteiger partial charge < -0.3 is 5.32 Å². The highest BCUT2D eigenvalue weighted by Gasteiger charge is 2.43. The SMILES string of the molecule is O=[N+]([O-])c1ccccc1NC1C[C@H]2CC[C@@H](C1)N2C1C/C=C\CCCC1. The predicted octanol–water partition coefficient (Wildman–Crippen LogP) is 4.89. The van der Waals surface area contributed by atoms with Gasteiger partial charge in [-0.3, -0.25) is 15.0 Å². The van der Waals surface area contributed by atoms with Gasteiger partial charge in [-0.2, -0.15) is 0 Å². The fraction of sp³-hybridized carbons (Fsp3) is 0.619. The number of hydrogen-bond acceptors (Lipinski definition) is 4. The molecule has 2 bridgehead atoms. The first-order valence-electron chi connectivity index (χ1n) is 10.1. The molecule has 0 saturated carbocycles. The monoisotopic (exact) mass is 355 g/mol. The van der Waals surface area contributed by atoms with Crippen molar-refractivity contribution in [3.63, 3.8) is 0 Å². The maximum Gasteiger partial charge on any atom is 0.292 e. The Bertz CT molecular complexity index is 661. The van der Waals surface area contributed by atoms with E-state index in [1.54, 1.807) is 12.1 Å². The van der Waals surface area contributed by atoms with E-state index >= 15 is 0 Å². The average Bonchev–Trinajstić information content (AvgIpc) is 2.86. The largest absolute Gasteiger partial charge is 0.377 e. The van der Waals surface area contributed by atoms with Gasteiger partial charge in [0.1, 0.15) is 5.69 Å². The summed E-state index contributed by atoms with van der Waals surface area (Å²) < 4.78 is 0. The van der Waals surface area contributed by atoms with Crippen LogP contribution in [-0.4, -0.2) is 34.0 Å². The van der Waals surface area contributed by atoms with Gasteiger partial charge in [0.25, 0.3) is 5.69 Å². The zero-order chi connectivity index (χ0) is 17.9. The maximum atomic E-state index is 11.3. The van der Waals surface area contributed by atoms with Gasteiger partial charge in [-0.25, -0.2) is 0 Å². The Morgan fingerprint density at radius 1 is 1.00 bits per heavy atom. The summed E-state index contributed by atoms with van der Waals surface area (Å²) in [5.74, 6) is 0. The number of nitrogens with one attached hydrogen (secondary N) is 1. The van der Waals surface area contributed by atoms with Crippen LogP contribution >= 0.6 is 0 Å². The van der Waals surface area contributed by atoms with Crippen LogP contribution in [-0.2, 0) is 0 Å². The summed E-state index contributed by atoms with van der Waals surface area (Å²) in [7, 11) is 0. The molecule has 5 nitrogen and oxygen atoms in total. The number of hydrogen-bond donors (Lipinski definition) is 1. The van der Waals surface area contributed by atoms with Gasteiger partial charge in [-0.05, 0) is 57.4 Å². The summed E-state index contributed by atoms with van der Waals surface area (Å²) in [4.78, 5) is 13.8. The number of nitro benzene ring substituents is 1. The predicted molar refractivity (Wildman–Crippen MR) is 104 cm³/mol. The van der Waals surface area contributed by atoms with Crippen molar-refractivity contribution in [1.82, 2.24) is 4.90 Å². The Labute approximate surface area is 155 Å². The zero-order valence-corrected chi connectivity index (χ0v) is 15.3. The molecule has 0 amide bonds. The molecule has 1 aromatic carbocycles. The number of piperidine rings is 1. The number of benzene rings is 1. The molecule has 2 fully saturated rings. The van der Waals surface area contributed by atoms with E-state index in [9.17, 15) is 10.1 Å². The molecule has 4 atom stereocenters. The van der Waals surface area contributed by atoms with Crippen molar-refractivity contribution >= 4 is 11.4 Å². The summed E-state index contributed by atoms with van der Waals surface area (Å²) >= 11 is 0. The molecule has 2 aliphatic heterocycles. The Morgan fingerprint density at radius 2 is 1.77 bits per heavy atom. The standard InChI is InChI=1S/C21H29N3O2/c25-24(26)21-11-7-6-10-20(21)22-16-14-18-12-13-19(15-16)23(18)17-8-4-2-1-3-5-9-17/h2,4,6-7,10-11,16-19,22H,1,3,5,8-9,12-15H2/b4-2-/t16?,17?,18-,19+. The Morgan fingerprint density at radius 3 is 2.54 bits per heavy atom. The Hall–Kier alpha value is -1.88. The third kappa shape index (κ3) is 3.63. The summed E-state index contributed by atoms with van der Waals surface area (Å²) in [5.41, 5.74) is 0.858. The number of allylic oxidation sites excluding steroid dienone is 1. The zero-order valence-electron chi connectivity index (χ0n) is 15.3. The lowest BCUT2D eigenvalue weighted by molar-refractivity contribution is -0.384. The van der Waals surface area contributed by atoms with E-state index in [4.69, 9.17) is 0 Å². The van der Waals surface area contributed by atoms with Gasteiger partial charge in [-0.1, -0.05) is 30.7 Å². The van der Waals surface area contributed by atoms with E-state index in [1.165, 1.54) is 44.9 Å². The molecule has 2 unspecified atom stereocenters. The third-order valence-corrected chi connectivity index (χ3v) is 6.40. The van der Waals surface area contributed by atoms with Crippen LogP contribution in [0.2, 0.25) is 0 Å². The first kappa shape index (κ1) is 17.5. The number of nitro groups is 1. The molecule has 0 aromatic heterocycles. The number of rotatable bonds is 4. The molecule has 2 heterocycles. The highest BCUT2D eigenvalue weighted by atomic mass is 16.6. The lowest BCUT2D eigenvalue weighted by Crippen LogP contribution is -2.51. The summed E-state index contributed by atoms with van der Waals surface area (Å²) in [6, 6.07) is 9.33. The van der Waals surface area contributed by atoms with Crippen LogP contribution in [0, 0.1) is 10.1 Å². The normalized spacial score (nSPS) is 33.2. The molecule has 26 heavy (non-hydrogen) atoms. The van der Waals surface area contributed by atoms with E-state index in [0.29, 0.717) is 29.9 Å².